The summed E-state index contributed by atoms with van der Waals surface area (Å²) in [5.41, 5.74) is 4.01. The molecular formula is C29H17N3O2. The molecule has 0 amide bonds. The maximum Gasteiger partial charge on any atom is 0.238 e. The lowest BCUT2D eigenvalue weighted by Gasteiger charge is -2.03. The lowest BCUT2D eigenvalue weighted by molar-refractivity contribution is 0.572. The Morgan fingerprint density at radius 1 is 0.676 bits per heavy atom. The summed E-state index contributed by atoms with van der Waals surface area (Å²) >= 11 is 0. The van der Waals surface area contributed by atoms with Gasteiger partial charge in [0.05, 0.1) is 17.8 Å². The first kappa shape index (κ1) is 20.8. The third-order valence-electron chi connectivity index (χ3n) is 5.35. The van der Waals surface area contributed by atoms with Crippen molar-refractivity contribution in [2.75, 3.05) is 0 Å². The SMILES string of the molecule is N#Cc1ccccc1-c1ccc(C=Nc2oc(-c3ccccc3)c(-c3ccccc3)c2C#N)o1. The molecule has 5 aromatic rings. The summed E-state index contributed by atoms with van der Waals surface area (Å²) in [5, 5.41) is 19.3. The van der Waals surface area contributed by atoms with Crippen LogP contribution in [-0.2, 0) is 0 Å². The van der Waals surface area contributed by atoms with Crippen LogP contribution in [0.2, 0.25) is 0 Å². The summed E-state index contributed by atoms with van der Waals surface area (Å²) in [6.45, 7) is 0. The lowest BCUT2D eigenvalue weighted by Crippen LogP contribution is -1.83. The van der Waals surface area contributed by atoms with Gasteiger partial charge in [-0.2, -0.15) is 10.5 Å². The van der Waals surface area contributed by atoms with Crippen molar-refractivity contribution in [3.05, 3.63) is 114 Å². The summed E-state index contributed by atoms with van der Waals surface area (Å²) in [5.74, 6) is 1.83. The van der Waals surface area contributed by atoms with Crippen LogP contribution < -0.4 is 0 Å². The molecule has 0 aliphatic rings. The molecule has 0 N–H and O–H groups in total. The van der Waals surface area contributed by atoms with E-state index in [1.807, 2.05) is 78.9 Å². The second kappa shape index (κ2) is 9.16. The minimum absolute atomic E-state index is 0.204. The number of nitriles is 2. The molecule has 0 spiro atoms. The van der Waals surface area contributed by atoms with Crippen molar-refractivity contribution >= 4 is 12.1 Å². The summed E-state index contributed by atoms with van der Waals surface area (Å²) in [6.07, 6.45) is 1.52. The largest absolute Gasteiger partial charge is 0.455 e. The van der Waals surface area contributed by atoms with Gasteiger partial charge in [0.25, 0.3) is 0 Å². The molecule has 5 heteroatoms. The molecule has 160 valence electrons. The van der Waals surface area contributed by atoms with Crippen molar-refractivity contribution in [3.8, 4) is 45.9 Å². The highest BCUT2D eigenvalue weighted by atomic mass is 16.4. The molecule has 0 radical (unpaired) electrons. The van der Waals surface area contributed by atoms with Crippen LogP contribution in [0.15, 0.2) is 111 Å². The van der Waals surface area contributed by atoms with Gasteiger partial charge in [0.2, 0.25) is 5.88 Å². The highest BCUT2D eigenvalue weighted by molar-refractivity contribution is 5.89. The van der Waals surface area contributed by atoms with E-state index in [-0.39, 0.29) is 5.88 Å². The van der Waals surface area contributed by atoms with Crippen molar-refractivity contribution in [1.29, 1.82) is 10.5 Å². The first-order valence-electron chi connectivity index (χ1n) is 10.6. The standard InChI is InChI=1S/C29H17N3O2/c30-17-22-13-7-8-14-24(22)26-16-15-23(33-26)19-32-29-25(18-31)27(20-9-3-1-4-10-20)28(34-29)21-11-5-2-6-12-21/h1-16,19H. The Balaban J connectivity index is 1.57. The molecule has 2 aromatic heterocycles. The molecule has 0 unspecified atom stereocenters. The van der Waals surface area contributed by atoms with Crippen LogP contribution >= 0.6 is 0 Å². The summed E-state index contributed by atoms with van der Waals surface area (Å²) in [4.78, 5) is 4.46. The molecule has 0 atom stereocenters. The molecule has 2 heterocycles. The molecule has 0 saturated carbocycles. The second-order valence-electron chi connectivity index (χ2n) is 7.45. The van der Waals surface area contributed by atoms with Crippen LogP contribution in [0, 0.1) is 22.7 Å². The summed E-state index contributed by atoms with van der Waals surface area (Å²) in [7, 11) is 0. The molecule has 3 aromatic carbocycles. The minimum atomic E-state index is 0.204. The minimum Gasteiger partial charge on any atom is -0.455 e. The van der Waals surface area contributed by atoms with Crippen LogP contribution in [0.3, 0.4) is 0 Å². The van der Waals surface area contributed by atoms with Crippen molar-refractivity contribution < 1.29 is 8.83 Å². The number of nitrogens with zero attached hydrogens (tertiary/aromatic N) is 3. The average Bonchev–Trinajstić information content (AvgIpc) is 3.53. The van der Waals surface area contributed by atoms with Gasteiger partial charge in [0.1, 0.15) is 28.9 Å². The van der Waals surface area contributed by atoms with Crippen molar-refractivity contribution in [2.24, 2.45) is 4.99 Å². The van der Waals surface area contributed by atoms with Crippen LogP contribution in [0.1, 0.15) is 16.9 Å². The summed E-state index contributed by atoms with van der Waals surface area (Å²) < 4.78 is 12.0. The average molecular weight is 439 g/mol. The molecule has 0 aliphatic carbocycles. The molecule has 0 fully saturated rings. The van der Waals surface area contributed by atoms with Crippen molar-refractivity contribution in [1.82, 2.24) is 0 Å². The van der Waals surface area contributed by atoms with Gasteiger partial charge in [-0.15, -0.1) is 0 Å². The first-order valence-corrected chi connectivity index (χ1v) is 10.6. The Bertz CT molecular complexity index is 1560. The Hall–Kier alpha value is -5.13. The van der Waals surface area contributed by atoms with Gasteiger partial charge < -0.3 is 8.83 Å². The highest BCUT2D eigenvalue weighted by Crippen LogP contribution is 2.42. The van der Waals surface area contributed by atoms with Crippen molar-refractivity contribution in [2.45, 2.75) is 0 Å². The van der Waals surface area contributed by atoms with E-state index in [1.54, 1.807) is 18.2 Å². The van der Waals surface area contributed by atoms with E-state index in [2.05, 4.69) is 17.1 Å². The van der Waals surface area contributed by atoms with Gasteiger partial charge >= 0.3 is 0 Å². The first-order chi connectivity index (χ1) is 16.8. The van der Waals surface area contributed by atoms with E-state index in [1.165, 1.54) is 6.21 Å². The van der Waals surface area contributed by atoms with Gasteiger partial charge in [0, 0.05) is 16.7 Å². The Kier molecular flexibility index (Phi) is 5.59. The maximum atomic E-state index is 9.99. The van der Waals surface area contributed by atoms with E-state index in [0.717, 1.165) is 11.1 Å². The quantitative estimate of drug-likeness (QED) is 0.268. The molecular weight excluding hydrogens is 422 g/mol. The summed E-state index contributed by atoms with van der Waals surface area (Å²) in [6, 6.07) is 34.5. The normalized spacial score (nSPS) is 10.8. The lowest BCUT2D eigenvalue weighted by atomic mass is 9.98. The third-order valence-corrected chi connectivity index (χ3v) is 5.35. The van der Waals surface area contributed by atoms with E-state index in [4.69, 9.17) is 8.83 Å². The molecule has 34 heavy (non-hydrogen) atoms. The fraction of sp³-hybridized carbons (Fsp3) is 0. The number of rotatable bonds is 5. The van der Waals surface area contributed by atoms with Crippen LogP contribution in [0.5, 0.6) is 0 Å². The third kappa shape index (κ3) is 3.90. The fourth-order valence-electron chi connectivity index (χ4n) is 3.77. The Morgan fingerprint density at radius 2 is 1.35 bits per heavy atom. The van der Waals surface area contributed by atoms with Gasteiger partial charge in [-0.3, -0.25) is 0 Å². The van der Waals surface area contributed by atoms with Crippen LogP contribution in [0.25, 0.3) is 33.8 Å². The predicted molar refractivity (Wildman–Crippen MR) is 130 cm³/mol. The van der Waals surface area contributed by atoms with Gasteiger partial charge in [-0.25, -0.2) is 4.99 Å². The van der Waals surface area contributed by atoms with E-state index < -0.39 is 0 Å². The number of aliphatic imine (C=N–C) groups is 1. The fourth-order valence-corrected chi connectivity index (χ4v) is 3.77. The monoisotopic (exact) mass is 439 g/mol. The highest BCUT2D eigenvalue weighted by Gasteiger charge is 2.22. The van der Waals surface area contributed by atoms with Crippen LogP contribution in [0.4, 0.5) is 5.88 Å². The smallest absolute Gasteiger partial charge is 0.238 e. The molecule has 5 rings (SSSR count). The van der Waals surface area contributed by atoms with Gasteiger partial charge in [-0.1, -0.05) is 72.8 Å². The second-order valence-corrected chi connectivity index (χ2v) is 7.45. The molecule has 0 bridgehead atoms. The van der Waals surface area contributed by atoms with Crippen LogP contribution in [-0.4, -0.2) is 6.21 Å². The molecule has 0 saturated heterocycles. The zero-order valence-electron chi connectivity index (χ0n) is 18.0. The number of hydrogen-bond acceptors (Lipinski definition) is 5. The van der Waals surface area contributed by atoms with E-state index in [0.29, 0.717) is 39.5 Å². The van der Waals surface area contributed by atoms with E-state index in [9.17, 15) is 10.5 Å². The predicted octanol–water partition coefficient (Wildman–Crippen LogP) is 7.37. The Morgan fingerprint density at radius 3 is 2.06 bits per heavy atom. The topological polar surface area (TPSA) is 86.2 Å². The Labute approximate surface area is 196 Å². The van der Waals surface area contributed by atoms with Gasteiger partial charge in [0.15, 0.2) is 0 Å². The zero-order valence-corrected chi connectivity index (χ0v) is 18.0. The van der Waals surface area contributed by atoms with E-state index >= 15 is 0 Å². The van der Waals surface area contributed by atoms with Gasteiger partial charge in [-0.05, 0) is 29.8 Å². The number of furan rings is 2. The molecule has 0 aliphatic heterocycles. The zero-order chi connectivity index (χ0) is 23.3. The number of benzene rings is 3. The number of hydrogen-bond donors (Lipinski definition) is 0. The van der Waals surface area contributed by atoms with Crippen molar-refractivity contribution in [3.63, 3.8) is 0 Å². The molecule has 5 nitrogen and oxygen atoms in total. The maximum absolute atomic E-state index is 9.99.